The van der Waals surface area contributed by atoms with Crippen LogP contribution >= 0.6 is 11.6 Å². The Morgan fingerprint density at radius 1 is 1.31 bits per heavy atom. The molecule has 2 N–H and O–H groups in total. The number of hydrogen-bond donors (Lipinski definition) is 2. The highest BCUT2D eigenvalue weighted by Gasteiger charge is 2.11. The molecule has 2 heterocycles. The molecule has 0 saturated carbocycles. The van der Waals surface area contributed by atoms with Crippen LogP contribution in [-0.2, 0) is 4.74 Å². The second-order valence-corrected chi connectivity index (χ2v) is 6.62. The maximum atomic E-state index is 12.5. The van der Waals surface area contributed by atoms with E-state index in [9.17, 15) is 4.79 Å². The zero-order chi connectivity index (χ0) is 18.4. The fourth-order valence-corrected chi connectivity index (χ4v) is 2.96. The van der Waals surface area contributed by atoms with Crippen molar-refractivity contribution in [3.63, 3.8) is 0 Å². The minimum absolute atomic E-state index is 0.209. The van der Waals surface area contributed by atoms with Gasteiger partial charge in [0, 0.05) is 49.3 Å². The van der Waals surface area contributed by atoms with E-state index in [4.69, 9.17) is 16.3 Å². The number of carbonyl (C=O) groups is 1. The number of morpholine rings is 1. The summed E-state index contributed by atoms with van der Waals surface area (Å²) in [5.41, 5.74) is 2.87. The molecule has 6 nitrogen and oxygen atoms in total. The van der Waals surface area contributed by atoms with Crippen LogP contribution in [0.5, 0.6) is 0 Å². The maximum Gasteiger partial charge on any atom is 0.257 e. The van der Waals surface area contributed by atoms with Crippen LogP contribution in [0.15, 0.2) is 36.7 Å². The summed E-state index contributed by atoms with van der Waals surface area (Å²) < 4.78 is 5.35. The molecule has 3 rings (SSSR count). The normalized spacial score (nSPS) is 14.8. The predicted octanol–water partition coefficient (Wildman–Crippen LogP) is 3.04. The van der Waals surface area contributed by atoms with Gasteiger partial charge in [0.1, 0.15) is 0 Å². The molecule has 1 aromatic carbocycles. The fraction of sp³-hybridized carbons (Fsp3) is 0.368. The molecule has 138 valence electrons. The van der Waals surface area contributed by atoms with E-state index in [-0.39, 0.29) is 5.91 Å². The van der Waals surface area contributed by atoms with E-state index in [1.54, 1.807) is 18.5 Å². The molecule has 1 aliphatic rings. The Kier molecular flexibility index (Phi) is 6.44. The second kappa shape index (κ2) is 8.98. The number of halogens is 1. The lowest BCUT2D eigenvalue weighted by Crippen LogP contribution is -2.39. The number of rotatable bonds is 6. The maximum absolute atomic E-state index is 12.5. The van der Waals surface area contributed by atoms with Gasteiger partial charge >= 0.3 is 0 Å². The van der Waals surface area contributed by atoms with Gasteiger partial charge in [0.15, 0.2) is 0 Å². The number of nitrogens with zero attached hydrogens (tertiary/aromatic N) is 2. The number of nitrogens with one attached hydrogen (secondary N) is 2. The van der Waals surface area contributed by atoms with Crippen molar-refractivity contribution in [3.8, 4) is 0 Å². The zero-order valence-electron chi connectivity index (χ0n) is 14.8. The van der Waals surface area contributed by atoms with E-state index in [0.29, 0.717) is 16.3 Å². The van der Waals surface area contributed by atoms with Gasteiger partial charge in [-0.25, -0.2) is 0 Å². The lowest BCUT2D eigenvalue weighted by Gasteiger charge is -2.26. The van der Waals surface area contributed by atoms with Crippen LogP contribution in [0.4, 0.5) is 11.4 Å². The number of carbonyl (C=O) groups excluding carboxylic acids is 1. The van der Waals surface area contributed by atoms with Crippen molar-refractivity contribution in [3.05, 3.63) is 52.8 Å². The number of benzene rings is 1. The summed E-state index contributed by atoms with van der Waals surface area (Å²) in [6.07, 6.45) is 3.28. The Balaban J connectivity index is 1.57. The Labute approximate surface area is 158 Å². The average molecular weight is 375 g/mol. The van der Waals surface area contributed by atoms with Crippen molar-refractivity contribution >= 4 is 28.9 Å². The SMILES string of the molecule is Cc1c(Cl)cccc1NC(=O)c1cncc(NCCN2CCOCC2)c1. The third-order valence-corrected chi connectivity index (χ3v) is 4.79. The number of hydrogen-bond acceptors (Lipinski definition) is 5. The van der Waals surface area contributed by atoms with Crippen molar-refractivity contribution in [2.24, 2.45) is 0 Å². The topological polar surface area (TPSA) is 66.5 Å². The van der Waals surface area contributed by atoms with Crippen LogP contribution in [0.3, 0.4) is 0 Å². The van der Waals surface area contributed by atoms with Crippen molar-refractivity contribution < 1.29 is 9.53 Å². The summed E-state index contributed by atoms with van der Waals surface area (Å²) in [7, 11) is 0. The first kappa shape index (κ1) is 18.6. The number of aromatic nitrogens is 1. The quantitative estimate of drug-likeness (QED) is 0.813. The zero-order valence-corrected chi connectivity index (χ0v) is 15.6. The summed E-state index contributed by atoms with van der Waals surface area (Å²) in [5.74, 6) is -0.209. The van der Waals surface area contributed by atoms with Gasteiger partial charge in [-0.2, -0.15) is 0 Å². The van der Waals surface area contributed by atoms with Gasteiger partial charge in [-0.05, 0) is 30.7 Å². The molecule has 2 aromatic rings. The first-order valence-electron chi connectivity index (χ1n) is 8.69. The molecule has 26 heavy (non-hydrogen) atoms. The number of ether oxygens (including phenoxy) is 1. The molecule has 1 aromatic heterocycles. The molecule has 7 heteroatoms. The van der Waals surface area contributed by atoms with Crippen LogP contribution < -0.4 is 10.6 Å². The minimum Gasteiger partial charge on any atom is -0.382 e. The Bertz CT molecular complexity index is 763. The van der Waals surface area contributed by atoms with Gasteiger partial charge in [-0.15, -0.1) is 0 Å². The van der Waals surface area contributed by atoms with E-state index in [1.165, 1.54) is 0 Å². The van der Waals surface area contributed by atoms with E-state index < -0.39 is 0 Å². The highest BCUT2D eigenvalue weighted by Crippen LogP contribution is 2.23. The Morgan fingerprint density at radius 3 is 2.92 bits per heavy atom. The first-order chi connectivity index (χ1) is 12.6. The molecule has 1 amide bonds. The highest BCUT2D eigenvalue weighted by atomic mass is 35.5. The van der Waals surface area contributed by atoms with Gasteiger partial charge in [0.25, 0.3) is 5.91 Å². The predicted molar refractivity (Wildman–Crippen MR) is 104 cm³/mol. The highest BCUT2D eigenvalue weighted by molar-refractivity contribution is 6.31. The van der Waals surface area contributed by atoms with Crippen molar-refractivity contribution in [1.82, 2.24) is 9.88 Å². The standard InChI is InChI=1S/C19H23ClN4O2/c1-14-17(20)3-2-4-18(14)23-19(25)15-11-16(13-21-12-15)22-5-6-24-7-9-26-10-8-24/h2-4,11-13,22H,5-10H2,1H3,(H,23,25). The molecule has 1 saturated heterocycles. The Hall–Kier alpha value is -2.15. The van der Waals surface area contributed by atoms with Crippen LogP contribution in [0.25, 0.3) is 0 Å². The van der Waals surface area contributed by atoms with Gasteiger partial charge in [0.2, 0.25) is 0 Å². The largest absolute Gasteiger partial charge is 0.382 e. The van der Waals surface area contributed by atoms with Gasteiger partial charge < -0.3 is 15.4 Å². The minimum atomic E-state index is -0.209. The average Bonchev–Trinajstić information content (AvgIpc) is 2.66. The smallest absolute Gasteiger partial charge is 0.257 e. The molecule has 0 aliphatic carbocycles. The molecule has 1 fully saturated rings. The van der Waals surface area contributed by atoms with Crippen LogP contribution in [0.1, 0.15) is 15.9 Å². The summed E-state index contributed by atoms with van der Waals surface area (Å²) in [6, 6.07) is 7.25. The molecule has 0 radical (unpaired) electrons. The van der Waals surface area contributed by atoms with Crippen LogP contribution in [0.2, 0.25) is 5.02 Å². The summed E-state index contributed by atoms with van der Waals surface area (Å²) >= 11 is 6.10. The first-order valence-corrected chi connectivity index (χ1v) is 9.07. The summed E-state index contributed by atoms with van der Waals surface area (Å²) in [6.45, 7) is 7.10. The van der Waals surface area contributed by atoms with Gasteiger partial charge in [-0.1, -0.05) is 17.7 Å². The second-order valence-electron chi connectivity index (χ2n) is 6.21. The van der Waals surface area contributed by atoms with E-state index in [0.717, 1.165) is 50.6 Å². The van der Waals surface area contributed by atoms with Crippen molar-refractivity contribution in [2.75, 3.05) is 50.0 Å². The molecular formula is C19H23ClN4O2. The van der Waals surface area contributed by atoms with Gasteiger partial charge in [0.05, 0.1) is 24.5 Å². The van der Waals surface area contributed by atoms with Crippen molar-refractivity contribution in [2.45, 2.75) is 6.92 Å². The molecule has 1 aliphatic heterocycles. The van der Waals surface area contributed by atoms with E-state index in [2.05, 4.69) is 20.5 Å². The number of pyridine rings is 1. The molecule has 0 atom stereocenters. The van der Waals surface area contributed by atoms with Crippen LogP contribution in [0, 0.1) is 6.92 Å². The third kappa shape index (κ3) is 4.94. The molecule has 0 unspecified atom stereocenters. The van der Waals surface area contributed by atoms with E-state index >= 15 is 0 Å². The van der Waals surface area contributed by atoms with Crippen LogP contribution in [-0.4, -0.2) is 55.2 Å². The van der Waals surface area contributed by atoms with Gasteiger partial charge in [-0.3, -0.25) is 14.7 Å². The third-order valence-electron chi connectivity index (χ3n) is 4.38. The number of anilines is 2. The van der Waals surface area contributed by atoms with E-state index in [1.807, 2.05) is 25.1 Å². The summed E-state index contributed by atoms with van der Waals surface area (Å²) in [5, 5.41) is 6.84. The summed E-state index contributed by atoms with van der Waals surface area (Å²) in [4.78, 5) is 19.0. The Morgan fingerprint density at radius 2 is 2.12 bits per heavy atom. The monoisotopic (exact) mass is 374 g/mol. The molecule has 0 bridgehead atoms. The molecule has 0 spiro atoms. The van der Waals surface area contributed by atoms with Crippen molar-refractivity contribution in [1.29, 1.82) is 0 Å². The lowest BCUT2D eigenvalue weighted by molar-refractivity contribution is 0.0398. The lowest BCUT2D eigenvalue weighted by atomic mass is 10.2. The number of amides is 1. The molecular weight excluding hydrogens is 352 g/mol. The fourth-order valence-electron chi connectivity index (χ4n) is 2.78.